The molecule has 92 valence electrons. The highest BCUT2D eigenvalue weighted by Gasteiger charge is 2.13. The molecule has 0 radical (unpaired) electrons. The van der Waals surface area contributed by atoms with Crippen molar-refractivity contribution in [3.63, 3.8) is 0 Å². The van der Waals surface area contributed by atoms with Crippen LogP contribution in [0, 0.1) is 0 Å². The SMILES string of the molecule is COc1ccc2c(c1)nc(-c1sccc1Br)n2C. The molecule has 3 nitrogen and oxygen atoms in total. The predicted molar refractivity (Wildman–Crippen MR) is 78.3 cm³/mol. The monoisotopic (exact) mass is 322 g/mol. The van der Waals surface area contributed by atoms with Gasteiger partial charge in [0, 0.05) is 17.6 Å². The number of hydrogen-bond donors (Lipinski definition) is 0. The van der Waals surface area contributed by atoms with Crippen LogP contribution in [0.4, 0.5) is 0 Å². The summed E-state index contributed by atoms with van der Waals surface area (Å²) in [5, 5.41) is 2.05. The summed E-state index contributed by atoms with van der Waals surface area (Å²) in [4.78, 5) is 5.83. The number of ether oxygens (including phenoxy) is 1. The number of thiophene rings is 1. The molecule has 3 rings (SSSR count). The summed E-state index contributed by atoms with van der Waals surface area (Å²) in [6, 6.07) is 7.99. The summed E-state index contributed by atoms with van der Waals surface area (Å²) in [5.74, 6) is 1.80. The summed E-state index contributed by atoms with van der Waals surface area (Å²) in [6.07, 6.45) is 0. The number of rotatable bonds is 2. The molecule has 2 aromatic heterocycles. The number of halogens is 1. The van der Waals surface area contributed by atoms with Gasteiger partial charge in [-0.25, -0.2) is 4.98 Å². The van der Waals surface area contributed by atoms with Crippen LogP contribution in [0.25, 0.3) is 21.7 Å². The maximum atomic E-state index is 5.23. The fourth-order valence-electron chi connectivity index (χ4n) is 1.96. The molecule has 3 aromatic rings. The Bertz CT molecular complexity index is 717. The standard InChI is InChI=1S/C13H11BrN2OS/c1-16-11-4-3-8(17-2)7-10(11)15-13(16)12-9(14)5-6-18-12/h3-7H,1-2H3. The summed E-state index contributed by atoms with van der Waals surface area (Å²) < 4.78 is 8.41. The molecule has 0 saturated carbocycles. The Balaban J connectivity index is 2.25. The molecule has 0 fully saturated rings. The highest BCUT2D eigenvalue weighted by atomic mass is 79.9. The second-order valence-electron chi connectivity index (χ2n) is 3.95. The fraction of sp³-hybridized carbons (Fsp3) is 0.154. The molecule has 0 unspecified atom stereocenters. The van der Waals surface area contributed by atoms with E-state index in [1.807, 2.05) is 31.3 Å². The first-order valence-electron chi connectivity index (χ1n) is 5.44. The lowest BCUT2D eigenvalue weighted by atomic mass is 10.3. The lowest BCUT2D eigenvalue weighted by Gasteiger charge is -2.01. The smallest absolute Gasteiger partial charge is 0.152 e. The first-order chi connectivity index (χ1) is 8.70. The van der Waals surface area contributed by atoms with Crippen molar-refractivity contribution in [2.24, 2.45) is 7.05 Å². The van der Waals surface area contributed by atoms with Gasteiger partial charge < -0.3 is 9.30 Å². The number of methoxy groups -OCH3 is 1. The summed E-state index contributed by atoms with van der Waals surface area (Å²) in [7, 11) is 3.70. The number of imidazole rings is 1. The van der Waals surface area contributed by atoms with Crippen LogP contribution in [0.2, 0.25) is 0 Å². The molecule has 18 heavy (non-hydrogen) atoms. The van der Waals surface area contributed by atoms with Crippen LogP contribution in [0.1, 0.15) is 0 Å². The molecule has 0 spiro atoms. The zero-order valence-corrected chi connectivity index (χ0v) is 12.4. The largest absolute Gasteiger partial charge is 0.497 e. The Labute approximate surface area is 117 Å². The number of hydrogen-bond acceptors (Lipinski definition) is 3. The first kappa shape index (κ1) is 11.7. The molecule has 0 aliphatic heterocycles. The third-order valence-corrected chi connectivity index (χ3v) is 4.74. The van der Waals surface area contributed by atoms with E-state index >= 15 is 0 Å². The quantitative estimate of drug-likeness (QED) is 0.711. The lowest BCUT2D eigenvalue weighted by Crippen LogP contribution is -1.90. The Morgan fingerprint density at radius 2 is 2.17 bits per heavy atom. The Morgan fingerprint density at radius 3 is 2.83 bits per heavy atom. The topological polar surface area (TPSA) is 27.1 Å². The Morgan fingerprint density at radius 1 is 1.33 bits per heavy atom. The minimum Gasteiger partial charge on any atom is -0.497 e. The van der Waals surface area contributed by atoms with E-state index < -0.39 is 0 Å². The number of nitrogens with zero attached hydrogens (tertiary/aromatic N) is 2. The zero-order chi connectivity index (χ0) is 12.7. The molecular formula is C13H11BrN2OS. The molecule has 0 atom stereocenters. The van der Waals surface area contributed by atoms with E-state index in [1.165, 1.54) is 0 Å². The summed E-state index contributed by atoms with van der Waals surface area (Å²) in [5.41, 5.74) is 2.05. The van der Waals surface area contributed by atoms with Crippen LogP contribution >= 0.6 is 27.3 Å². The van der Waals surface area contributed by atoms with Gasteiger partial charge in [0.15, 0.2) is 5.82 Å². The second-order valence-corrected chi connectivity index (χ2v) is 5.72. The third-order valence-electron chi connectivity index (χ3n) is 2.91. The van der Waals surface area contributed by atoms with Crippen molar-refractivity contribution < 1.29 is 4.74 Å². The van der Waals surface area contributed by atoms with E-state index in [2.05, 4.69) is 30.9 Å². The van der Waals surface area contributed by atoms with E-state index in [-0.39, 0.29) is 0 Å². The average molecular weight is 323 g/mol. The van der Waals surface area contributed by atoms with Crippen molar-refractivity contribution in [2.75, 3.05) is 7.11 Å². The van der Waals surface area contributed by atoms with E-state index in [4.69, 9.17) is 4.74 Å². The molecule has 0 saturated heterocycles. The van der Waals surface area contributed by atoms with Crippen molar-refractivity contribution in [1.29, 1.82) is 0 Å². The van der Waals surface area contributed by atoms with E-state index in [9.17, 15) is 0 Å². The molecule has 0 N–H and O–H groups in total. The van der Waals surface area contributed by atoms with Gasteiger partial charge in [-0.15, -0.1) is 11.3 Å². The third kappa shape index (κ3) is 1.74. The van der Waals surface area contributed by atoms with Crippen LogP contribution in [0.5, 0.6) is 5.75 Å². The van der Waals surface area contributed by atoms with Gasteiger partial charge in [-0.1, -0.05) is 0 Å². The Kier molecular flexibility index (Phi) is 2.87. The predicted octanol–water partition coefficient (Wildman–Crippen LogP) is 4.07. The van der Waals surface area contributed by atoms with E-state index in [1.54, 1.807) is 18.4 Å². The van der Waals surface area contributed by atoms with Crippen LogP contribution in [0.3, 0.4) is 0 Å². The van der Waals surface area contributed by atoms with Crippen LogP contribution in [0.15, 0.2) is 34.1 Å². The molecular weight excluding hydrogens is 312 g/mol. The number of aryl methyl sites for hydroxylation is 1. The minimum atomic E-state index is 0.831. The molecule has 2 heterocycles. The highest BCUT2D eigenvalue weighted by Crippen LogP contribution is 2.34. The molecule has 5 heteroatoms. The average Bonchev–Trinajstić information content (AvgIpc) is 2.93. The van der Waals surface area contributed by atoms with Crippen LogP contribution in [-0.4, -0.2) is 16.7 Å². The molecule has 0 aliphatic carbocycles. The van der Waals surface area contributed by atoms with Gasteiger partial charge in [0.1, 0.15) is 5.75 Å². The van der Waals surface area contributed by atoms with Gasteiger partial charge in [-0.2, -0.15) is 0 Å². The van der Waals surface area contributed by atoms with Gasteiger partial charge in [-0.05, 0) is 39.5 Å². The van der Waals surface area contributed by atoms with Gasteiger partial charge in [0.05, 0.1) is 23.0 Å². The fourth-order valence-corrected chi connectivity index (χ4v) is 3.54. The normalized spacial score (nSPS) is 11.1. The van der Waals surface area contributed by atoms with Crippen LogP contribution < -0.4 is 4.74 Å². The lowest BCUT2D eigenvalue weighted by molar-refractivity contribution is 0.415. The summed E-state index contributed by atoms with van der Waals surface area (Å²) >= 11 is 5.24. The molecule has 0 bridgehead atoms. The molecule has 0 amide bonds. The molecule has 0 aliphatic rings. The van der Waals surface area contributed by atoms with Crippen molar-refractivity contribution in [3.8, 4) is 16.5 Å². The van der Waals surface area contributed by atoms with Gasteiger partial charge in [0.2, 0.25) is 0 Å². The van der Waals surface area contributed by atoms with Crippen molar-refractivity contribution in [2.45, 2.75) is 0 Å². The van der Waals surface area contributed by atoms with E-state index in [0.29, 0.717) is 0 Å². The maximum Gasteiger partial charge on any atom is 0.152 e. The first-order valence-corrected chi connectivity index (χ1v) is 7.12. The van der Waals surface area contributed by atoms with Crippen LogP contribution in [-0.2, 0) is 7.05 Å². The van der Waals surface area contributed by atoms with Gasteiger partial charge >= 0.3 is 0 Å². The van der Waals surface area contributed by atoms with Crippen molar-refractivity contribution in [1.82, 2.24) is 9.55 Å². The number of fused-ring (bicyclic) bond motifs is 1. The van der Waals surface area contributed by atoms with E-state index in [0.717, 1.165) is 32.0 Å². The Hall–Kier alpha value is -1.33. The summed E-state index contributed by atoms with van der Waals surface area (Å²) in [6.45, 7) is 0. The highest BCUT2D eigenvalue weighted by molar-refractivity contribution is 9.10. The van der Waals surface area contributed by atoms with Gasteiger partial charge in [-0.3, -0.25) is 0 Å². The van der Waals surface area contributed by atoms with Crippen molar-refractivity contribution in [3.05, 3.63) is 34.1 Å². The number of benzene rings is 1. The van der Waals surface area contributed by atoms with Gasteiger partial charge in [0.25, 0.3) is 0 Å². The maximum absolute atomic E-state index is 5.23. The van der Waals surface area contributed by atoms with Crippen molar-refractivity contribution >= 4 is 38.3 Å². The minimum absolute atomic E-state index is 0.831. The molecule has 1 aromatic carbocycles. The number of aromatic nitrogens is 2. The zero-order valence-electron chi connectivity index (χ0n) is 9.98. The second kappa shape index (κ2) is 4.40.